The fourth-order valence-corrected chi connectivity index (χ4v) is 3.29. The van der Waals surface area contributed by atoms with Crippen LogP contribution in [0, 0.1) is 19.8 Å². The van der Waals surface area contributed by atoms with Crippen molar-refractivity contribution >= 4 is 11.6 Å². The van der Waals surface area contributed by atoms with Gasteiger partial charge < -0.3 is 0 Å². The van der Waals surface area contributed by atoms with Crippen LogP contribution in [0.5, 0.6) is 0 Å². The third-order valence-electron chi connectivity index (χ3n) is 4.75. The summed E-state index contributed by atoms with van der Waals surface area (Å²) in [7, 11) is 0. The van der Waals surface area contributed by atoms with E-state index in [2.05, 4.69) is 83.2 Å². The number of allylic oxidation sites excluding steroid dienone is 2. The lowest BCUT2D eigenvalue weighted by molar-refractivity contribution is 0.697. The van der Waals surface area contributed by atoms with Gasteiger partial charge in [-0.05, 0) is 72.2 Å². The summed E-state index contributed by atoms with van der Waals surface area (Å²) in [6.45, 7) is 14.7. The molecule has 1 aromatic heterocycles. The Morgan fingerprint density at radius 2 is 1.68 bits per heavy atom. The molecule has 0 spiro atoms. The molecule has 0 fully saturated rings. The van der Waals surface area contributed by atoms with Crippen molar-refractivity contribution in [2.24, 2.45) is 5.92 Å². The maximum absolute atomic E-state index is 4.77. The molecule has 3 rings (SSSR count). The van der Waals surface area contributed by atoms with E-state index in [9.17, 15) is 0 Å². The van der Waals surface area contributed by atoms with Crippen molar-refractivity contribution in [1.82, 2.24) is 4.98 Å². The molecule has 0 saturated carbocycles. The lowest BCUT2D eigenvalue weighted by Crippen LogP contribution is -2.33. The standard InChI is InChI=1S/C22H25N.C3H8.C2H6/c1-4-5-6-10-19-13-12-18-9-7-8-11-20(18)22(19)21-14-16(2)17(3)15-23-21;1-3-2;1-2/h5-9,11-12,14-15,19H,4,10,13H2,1-3H3;3H2,1-2H3;1-2H3. The van der Waals surface area contributed by atoms with Gasteiger partial charge in [-0.3, -0.25) is 4.98 Å². The number of aromatic nitrogens is 1. The van der Waals surface area contributed by atoms with Crippen LogP contribution >= 0.6 is 0 Å². The van der Waals surface area contributed by atoms with Crippen molar-refractivity contribution in [3.63, 3.8) is 0 Å². The van der Waals surface area contributed by atoms with Gasteiger partial charge in [-0.15, -0.1) is 0 Å². The number of hydrogen-bond acceptors (Lipinski definition) is 1. The molecule has 1 heterocycles. The highest BCUT2D eigenvalue weighted by Crippen LogP contribution is 2.28. The highest BCUT2D eigenvalue weighted by atomic mass is 14.7. The molecular weight excluding hydrogens is 338 g/mol. The van der Waals surface area contributed by atoms with Crippen molar-refractivity contribution in [3.05, 3.63) is 75.9 Å². The molecule has 0 radical (unpaired) electrons. The van der Waals surface area contributed by atoms with Crippen LogP contribution in [0.15, 0.2) is 48.7 Å². The van der Waals surface area contributed by atoms with Gasteiger partial charge in [-0.1, -0.05) is 83.5 Å². The molecule has 0 bridgehead atoms. The second-order valence-corrected chi connectivity index (χ2v) is 7.11. The third kappa shape index (κ3) is 6.48. The second kappa shape index (κ2) is 13.1. The first-order valence-electron chi connectivity index (χ1n) is 11.0. The minimum absolute atomic E-state index is 0.516. The second-order valence-electron chi connectivity index (χ2n) is 7.11. The number of aryl methyl sites for hydroxylation is 2. The first kappa shape index (κ1) is 23.9. The Morgan fingerprint density at radius 1 is 1.00 bits per heavy atom. The van der Waals surface area contributed by atoms with Crippen molar-refractivity contribution < 1.29 is 0 Å². The van der Waals surface area contributed by atoms with Gasteiger partial charge in [0.15, 0.2) is 0 Å². The van der Waals surface area contributed by atoms with Crippen molar-refractivity contribution in [1.29, 1.82) is 0 Å². The number of fused-ring (bicyclic) bond motifs is 1. The fourth-order valence-electron chi connectivity index (χ4n) is 3.29. The first-order chi connectivity index (χ1) is 13.6. The van der Waals surface area contributed by atoms with E-state index in [0.29, 0.717) is 5.92 Å². The molecule has 1 atom stereocenters. The largest absolute Gasteiger partial charge is 0.256 e. The van der Waals surface area contributed by atoms with Gasteiger partial charge >= 0.3 is 0 Å². The summed E-state index contributed by atoms with van der Waals surface area (Å²) < 4.78 is 0. The number of rotatable bonds is 4. The van der Waals surface area contributed by atoms with E-state index in [4.69, 9.17) is 4.98 Å². The monoisotopic (exact) mass is 377 g/mol. The topological polar surface area (TPSA) is 12.9 Å². The van der Waals surface area contributed by atoms with Gasteiger partial charge in [0.05, 0.1) is 5.69 Å². The van der Waals surface area contributed by atoms with E-state index in [0.717, 1.165) is 25.0 Å². The van der Waals surface area contributed by atoms with E-state index < -0.39 is 0 Å². The summed E-state index contributed by atoms with van der Waals surface area (Å²) in [6.07, 6.45) is 13.5. The van der Waals surface area contributed by atoms with Crippen LogP contribution < -0.4 is 10.4 Å². The highest BCUT2D eigenvalue weighted by Gasteiger charge is 2.19. The third-order valence-corrected chi connectivity index (χ3v) is 4.75. The smallest absolute Gasteiger partial charge is 0.0673 e. The van der Waals surface area contributed by atoms with Crippen LogP contribution in [0.3, 0.4) is 0 Å². The lowest BCUT2D eigenvalue weighted by atomic mass is 9.83. The van der Waals surface area contributed by atoms with Crippen LogP contribution in [-0.2, 0) is 0 Å². The van der Waals surface area contributed by atoms with Crippen molar-refractivity contribution in [2.75, 3.05) is 0 Å². The number of hydrogen-bond donors (Lipinski definition) is 0. The molecule has 0 aliphatic heterocycles. The SMILES string of the molecule is CC.CCC.CCC=CCC1CC=c2ccccc2=C1c1cc(C)c(C)cn1. The van der Waals surface area contributed by atoms with E-state index in [1.165, 1.54) is 33.6 Å². The summed E-state index contributed by atoms with van der Waals surface area (Å²) >= 11 is 0. The minimum atomic E-state index is 0.516. The van der Waals surface area contributed by atoms with Gasteiger partial charge in [0.25, 0.3) is 0 Å². The predicted molar refractivity (Wildman–Crippen MR) is 126 cm³/mol. The zero-order valence-corrected chi connectivity index (χ0v) is 19.0. The van der Waals surface area contributed by atoms with Gasteiger partial charge in [0.1, 0.15) is 0 Å². The first-order valence-corrected chi connectivity index (χ1v) is 11.0. The molecule has 0 N–H and O–H groups in total. The van der Waals surface area contributed by atoms with Crippen molar-refractivity contribution in [3.8, 4) is 0 Å². The van der Waals surface area contributed by atoms with Gasteiger partial charge in [-0.2, -0.15) is 0 Å². The molecule has 1 unspecified atom stereocenters. The summed E-state index contributed by atoms with van der Waals surface area (Å²) in [4.78, 5) is 4.77. The minimum Gasteiger partial charge on any atom is -0.256 e. The molecule has 1 aliphatic carbocycles. The summed E-state index contributed by atoms with van der Waals surface area (Å²) in [5.74, 6) is 0.516. The Balaban J connectivity index is 0.000000717. The van der Waals surface area contributed by atoms with E-state index in [-0.39, 0.29) is 0 Å². The molecule has 2 aromatic rings. The quantitative estimate of drug-likeness (QED) is 0.554. The highest BCUT2D eigenvalue weighted by molar-refractivity contribution is 5.68. The molecule has 152 valence electrons. The van der Waals surface area contributed by atoms with E-state index in [1.54, 1.807) is 0 Å². The molecule has 1 aliphatic rings. The molecular formula is C27H39N. The maximum Gasteiger partial charge on any atom is 0.0673 e. The molecule has 1 heteroatoms. The Morgan fingerprint density at radius 3 is 2.32 bits per heavy atom. The molecule has 1 nitrogen and oxygen atoms in total. The normalized spacial score (nSPS) is 15.0. The van der Waals surface area contributed by atoms with Crippen molar-refractivity contribution in [2.45, 2.75) is 74.1 Å². The Bertz CT molecular complexity index is 858. The average molecular weight is 378 g/mol. The van der Waals surface area contributed by atoms with Crippen LogP contribution in [0.4, 0.5) is 0 Å². The lowest BCUT2D eigenvalue weighted by Gasteiger charge is -2.22. The Hall–Kier alpha value is -2.15. The van der Waals surface area contributed by atoms with E-state index in [1.807, 2.05) is 20.0 Å². The van der Waals surface area contributed by atoms with Gasteiger partial charge in [0.2, 0.25) is 0 Å². The summed E-state index contributed by atoms with van der Waals surface area (Å²) in [5, 5.41) is 2.70. The maximum atomic E-state index is 4.77. The zero-order valence-electron chi connectivity index (χ0n) is 19.0. The fraction of sp³-hybridized carbons (Fsp3) is 0.444. The summed E-state index contributed by atoms with van der Waals surface area (Å²) in [6, 6.07) is 11.0. The zero-order chi connectivity index (χ0) is 20.9. The van der Waals surface area contributed by atoms with Crippen LogP contribution in [0.25, 0.3) is 11.6 Å². The van der Waals surface area contributed by atoms with E-state index >= 15 is 0 Å². The van der Waals surface area contributed by atoms with Crippen LogP contribution in [-0.4, -0.2) is 4.98 Å². The summed E-state index contributed by atoms with van der Waals surface area (Å²) in [5.41, 5.74) is 5.13. The molecule has 0 saturated heterocycles. The number of nitrogens with zero attached hydrogens (tertiary/aromatic N) is 1. The molecule has 0 amide bonds. The molecule has 28 heavy (non-hydrogen) atoms. The number of pyridine rings is 1. The average Bonchev–Trinajstić information content (AvgIpc) is 2.72. The van der Waals surface area contributed by atoms with Gasteiger partial charge in [0, 0.05) is 6.20 Å². The van der Waals surface area contributed by atoms with Crippen LogP contribution in [0.2, 0.25) is 0 Å². The molecule has 1 aromatic carbocycles. The van der Waals surface area contributed by atoms with Gasteiger partial charge in [-0.25, -0.2) is 0 Å². The Kier molecular flexibility index (Phi) is 11.2. The predicted octanol–water partition coefficient (Wildman–Crippen LogP) is 6.50. The van der Waals surface area contributed by atoms with Crippen LogP contribution in [0.1, 0.15) is 77.1 Å². The number of benzene rings is 1. The Labute approximate surface area is 172 Å².